The van der Waals surface area contributed by atoms with E-state index < -0.39 is 22.9 Å². The lowest BCUT2D eigenvalue weighted by atomic mass is 9.77. The first-order chi connectivity index (χ1) is 19.2. The molecule has 0 bridgehead atoms. The third-order valence-electron chi connectivity index (χ3n) is 7.17. The first-order valence-electron chi connectivity index (χ1n) is 12.5. The Morgan fingerprint density at radius 3 is 2.70 bits per heavy atom. The number of rotatable bonds is 8. The number of aliphatic hydroxyl groups is 1. The maximum absolute atomic E-state index is 13.5. The number of amides is 1. The van der Waals surface area contributed by atoms with Crippen LogP contribution in [0.3, 0.4) is 0 Å². The van der Waals surface area contributed by atoms with Gasteiger partial charge in [-0.2, -0.15) is 0 Å². The highest BCUT2D eigenvalue weighted by atomic mass is 32.2. The Balaban J connectivity index is 1.34. The van der Waals surface area contributed by atoms with Gasteiger partial charge in [-0.3, -0.25) is 19.3 Å². The molecule has 40 heavy (non-hydrogen) atoms. The van der Waals surface area contributed by atoms with Crippen LogP contribution >= 0.6 is 23.1 Å². The number of hydrogen-bond acceptors (Lipinski definition) is 10. The maximum atomic E-state index is 13.5. The Morgan fingerprint density at radius 1 is 1.25 bits per heavy atom. The molecule has 0 saturated carbocycles. The summed E-state index contributed by atoms with van der Waals surface area (Å²) in [7, 11) is 0. The molecule has 11 nitrogen and oxygen atoms in total. The second kappa shape index (κ2) is 10.2. The molecular formula is C27H23N5O6S2. The second-order valence-corrected chi connectivity index (χ2v) is 11.7. The standard InChI is InChI=1S/C27H23N5O6S2/c1-14-20(18-11-30-13-29-24(26(30)39-18)40-19-5-3-4-10-28-19)23(31-22(14)21(15(2)33)25(31)34)27(35)38-12-16-6-8-17(9-7-16)32(36)37/h3-11,13-15,21-22,33H,12H2,1-2H3/t14-,15+,21+,22+/m0/s1. The van der Waals surface area contributed by atoms with Crippen LogP contribution in [0.2, 0.25) is 0 Å². The lowest BCUT2D eigenvalue weighted by Crippen LogP contribution is -2.63. The topological polar surface area (TPSA) is 140 Å². The van der Waals surface area contributed by atoms with Gasteiger partial charge in [-0.1, -0.05) is 13.0 Å². The number of nitro benzene ring substituents is 1. The monoisotopic (exact) mass is 577 g/mol. The lowest BCUT2D eigenvalue weighted by molar-refractivity contribution is -0.384. The molecule has 1 saturated heterocycles. The van der Waals surface area contributed by atoms with Crippen LogP contribution in [0.4, 0.5) is 5.69 Å². The molecule has 2 aliphatic heterocycles. The molecule has 5 heterocycles. The van der Waals surface area contributed by atoms with Crippen molar-refractivity contribution < 1.29 is 24.4 Å². The predicted molar refractivity (Wildman–Crippen MR) is 146 cm³/mol. The summed E-state index contributed by atoms with van der Waals surface area (Å²) in [5.41, 5.74) is 1.36. The number of carbonyl (C=O) groups excluding carboxylic acids is 2. The van der Waals surface area contributed by atoms with E-state index in [4.69, 9.17) is 4.74 Å². The number of imidazole rings is 1. The van der Waals surface area contributed by atoms with E-state index in [0.717, 1.165) is 19.8 Å². The van der Waals surface area contributed by atoms with Crippen molar-refractivity contribution in [3.63, 3.8) is 0 Å². The molecule has 4 aromatic rings. The zero-order valence-corrected chi connectivity index (χ0v) is 23.0. The van der Waals surface area contributed by atoms with E-state index in [-0.39, 0.29) is 35.9 Å². The summed E-state index contributed by atoms with van der Waals surface area (Å²) >= 11 is 2.89. The highest BCUT2D eigenvalue weighted by molar-refractivity contribution is 7.99. The molecule has 0 spiro atoms. The molecule has 0 radical (unpaired) electrons. The number of fused-ring (bicyclic) bond motifs is 2. The maximum Gasteiger partial charge on any atom is 0.355 e. The van der Waals surface area contributed by atoms with Crippen molar-refractivity contribution in [3.05, 3.63) is 87.4 Å². The van der Waals surface area contributed by atoms with Crippen molar-refractivity contribution in [2.24, 2.45) is 11.8 Å². The zero-order valence-electron chi connectivity index (χ0n) is 21.3. The van der Waals surface area contributed by atoms with Gasteiger partial charge < -0.3 is 14.7 Å². The Kier molecular flexibility index (Phi) is 6.64. The Bertz CT molecular complexity index is 1660. The van der Waals surface area contributed by atoms with E-state index >= 15 is 0 Å². The normalized spacial score (nSPS) is 20.9. The number of nitrogens with zero attached hydrogens (tertiary/aromatic N) is 5. The van der Waals surface area contributed by atoms with Gasteiger partial charge in [-0.25, -0.2) is 14.8 Å². The summed E-state index contributed by atoms with van der Waals surface area (Å²) in [6.07, 6.45) is 4.44. The molecule has 1 fully saturated rings. The number of β-lactam (4-membered cyclic amide) rings is 1. The molecule has 0 aliphatic carbocycles. The third-order valence-corrected chi connectivity index (χ3v) is 9.38. The Morgan fingerprint density at radius 2 is 2.02 bits per heavy atom. The number of non-ortho nitro benzene ring substituents is 1. The molecule has 1 aromatic carbocycles. The molecule has 1 amide bonds. The number of aliphatic hydroxyl groups excluding tert-OH is 1. The first kappa shape index (κ1) is 26.2. The number of benzene rings is 1. The van der Waals surface area contributed by atoms with Gasteiger partial charge in [-0.05, 0) is 48.5 Å². The van der Waals surface area contributed by atoms with Crippen LogP contribution in [0.15, 0.2) is 76.9 Å². The summed E-state index contributed by atoms with van der Waals surface area (Å²) in [6, 6.07) is 11.0. The largest absolute Gasteiger partial charge is 0.456 e. The first-order valence-corrected chi connectivity index (χ1v) is 14.1. The molecular weight excluding hydrogens is 554 g/mol. The van der Waals surface area contributed by atoms with E-state index in [2.05, 4.69) is 9.97 Å². The molecule has 13 heteroatoms. The SMILES string of the molecule is C[C@@H](O)[C@H]1C(=O)N2C(C(=O)OCc3ccc([N+](=O)[O-])cc3)=C(c3cn4cnc(Sc5ccccn5)c4s3)[C@H](C)[C@H]12. The van der Waals surface area contributed by atoms with Crippen molar-refractivity contribution in [3.8, 4) is 0 Å². The van der Waals surface area contributed by atoms with Crippen molar-refractivity contribution >= 4 is 51.1 Å². The fraction of sp³-hybridized carbons (Fsp3) is 0.259. The van der Waals surface area contributed by atoms with Gasteiger partial charge in [-0.15, -0.1) is 11.3 Å². The number of ether oxygens (including phenoxy) is 1. The fourth-order valence-corrected chi connectivity index (χ4v) is 7.41. The van der Waals surface area contributed by atoms with Gasteiger partial charge >= 0.3 is 5.97 Å². The van der Waals surface area contributed by atoms with Gasteiger partial charge in [0.15, 0.2) is 0 Å². The number of pyridine rings is 1. The minimum Gasteiger partial charge on any atom is -0.456 e. The van der Waals surface area contributed by atoms with Gasteiger partial charge in [0.25, 0.3) is 5.69 Å². The summed E-state index contributed by atoms with van der Waals surface area (Å²) in [4.78, 5) is 49.1. The van der Waals surface area contributed by atoms with Crippen LogP contribution in [0, 0.1) is 22.0 Å². The quantitative estimate of drug-likeness (QED) is 0.141. The van der Waals surface area contributed by atoms with Gasteiger partial charge in [0.2, 0.25) is 5.91 Å². The van der Waals surface area contributed by atoms with Crippen LogP contribution in [-0.4, -0.2) is 53.3 Å². The molecule has 1 N–H and O–H groups in total. The highest BCUT2D eigenvalue weighted by Crippen LogP contribution is 2.52. The fourth-order valence-electron chi connectivity index (χ4n) is 5.29. The average molecular weight is 578 g/mol. The van der Waals surface area contributed by atoms with Gasteiger partial charge in [0.05, 0.1) is 27.9 Å². The molecule has 0 unspecified atom stereocenters. The predicted octanol–water partition coefficient (Wildman–Crippen LogP) is 4.16. The third kappa shape index (κ3) is 4.35. The van der Waals surface area contributed by atoms with E-state index in [9.17, 15) is 24.8 Å². The van der Waals surface area contributed by atoms with E-state index in [1.54, 1.807) is 19.4 Å². The smallest absolute Gasteiger partial charge is 0.355 e. The van der Waals surface area contributed by atoms with Crippen molar-refractivity contribution in [2.75, 3.05) is 0 Å². The molecule has 4 atom stereocenters. The van der Waals surface area contributed by atoms with E-state index in [1.165, 1.54) is 52.3 Å². The molecule has 2 aliphatic rings. The summed E-state index contributed by atoms with van der Waals surface area (Å²) in [6.45, 7) is 3.41. The zero-order chi connectivity index (χ0) is 28.1. The number of carbonyl (C=O) groups is 2. The Labute approximate surface area is 236 Å². The number of thiazole rings is 1. The number of esters is 1. The number of nitro groups is 1. The van der Waals surface area contributed by atoms with Crippen LogP contribution in [0.25, 0.3) is 10.4 Å². The highest BCUT2D eigenvalue weighted by Gasteiger charge is 2.60. The van der Waals surface area contributed by atoms with Crippen LogP contribution in [-0.2, 0) is 20.9 Å². The van der Waals surface area contributed by atoms with Crippen molar-refractivity contribution in [1.82, 2.24) is 19.3 Å². The van der Waals surface area contributed by atoms with Crippen LogP contribution in [0.1, 0.15) is 24.3 Å². The van der Waals surface area contributed by atoms with Crippen LogP contribution < -0.4 is 0 Å². The molecule has 3 aromatic heterocycles. The lowest BCUT2D eigenvalue weighted by Gasteiger charge is -2.46. The van der Waals surface area contributed by atoms with Gasteiger partial charge in [0.1, 0.15) is 33.5 Å². The molecule has 6 rings (SSSR count). The number of hydrogen-bond donors (Lipinski definition) is 1. The summed E-state index contributed by atoms with van der Waals surface area (Å²) in [5, 5.41) is 22.8. The number of aromatic nitrogens is 3. The van der Waals surface area contributed by atoms with Crippen molar-refractivity contribution in [1.29, 1.82) is 0 Å². The molecule has 204 valence electrons. The van der Waals surface area contributed by atoms with E-state index in [0.29, 0.717) is 11.1 Å². The average Bonchev–Trinajstić information content (AvgIpc) is 3.58. The minimum absolute atomic E-state index is 0.0629. The summed E-state index contributed by atoms with van der Waals surface area (Å²) in [5.74, 6) is -1.84. The summed E-state index contributed by atoms with van der Waals surface area (Å²) < 4.78 is 7.50. The van der Waals surface area contributed by atoms with Crippen LogP contribution in [0.5, 0.6) is 0 Å². The minimum atomic E-state index is -0.863. The van der Waals surface area contributed by atoms with Gasteiger partial charge in [0, 0.05) is 36.0 Å². The Hall–Kier alpha value is -4.07. The van der Waals surface area contributed by atoms with E-state index in [1.807, 2.05) is 35.7 Å². The van der Waals surface area contributed by atoms with Crippen molar-refractivity contribution in [2.45, 2.75) is 42.7 Å². The second-order valence-electron chi connectivity index (χ2n) is 9.64.